The Kier molecular flexibility index (Phi) is 7.00. The summed E-state index contributed by atoms with van der Waals surface area (Å²) >= 11 is 0. The summed E-state index contributed by atoms with van der Waals surface area (Å²) in [6.07, 6.45) is 1.42. The van der Waals surface area contributed by atoms with Gasteiger partial charge in [-0.05, 0) is 68.5 Å². The Balaban J connectivity index is 1.53. The smallest absolute Gasteiger partial charge is 0.325 e. The minimum absolute atomic E-state index is 0.243. The van der Waals surface area contributed by atoms with E-state index in [0.717, 1.165) is 28.9 Å². The Hall–Kier alpha value is -3.28. The van der Waals surface area contributed by atoms with E-state index in [4.69, 9.17) is 9.47 Å². The highest BCUT2D eigenvalue weighted by Crippen LogP contribution is 2.30. The van der Waals surface area contributed by atoms with Gasteiger partial charge in [-0.3, -0.25) is 9.69 Å². The first-order valence-corrected chi connectivity index (χ1v) is 10.5. The first kappa shape index (κ1) is 22.4. The van der Waals surface area contributed by atoms with Gasteiger partial charge in [-0.1, -0.05) is 36.9 Å². The molecule has 2 aromatic carbocycles. The maximum atomic E-state index is 13.0. The Labute approximate surface area is 183 Å². The summed E-state index contributed by atoms with van der Waals surface area (Å²) in [7, 11) is 0. The van der Waals surface area contributed by atoms with Gasteiger partial charge >= 0.3 is 6.03 Å². The minimum atomic E-state index is -1.08. The number of carbonyl (C=O) groups excluding carboxylic acids is 2. The third-order valence-corrected chi connectivity index (χ3v) is 5.32. The van der Waals surface area contributed by atoms with E-state index < -0.39 is 5.54 Å². The molecule has 1 N–H and O–H groups in total. The molecule has 1 aliphatic heterocycles. The number of urea groups is 1. The fourth-order valence-electron chi connectivity index (χ4n) is 3.46. The Morgan fingerprint density at radius 1 is 1.06 bits per heavy atom. The van der Waals surface area contributed by atoms with E-state index in [1.54, 1.807) is 19.1 Å². The molecule has 3 amide bonds. The zero-order chi connectivity index (χ0) is 22.4. The maximum absolute atomic E-state index is 13.0. The Morgan fingerprint density at radius 2 is 1.77 bits per heavy atom. The first-order chi connectivity index (χ1) is 14.8. The lowest BCUT2D eigenvalue weighted by Crippen LogP contribution is -2.41. The summed E-state index contributed by atoms with van der Waals surface area (Å²) in [5.41, 5.74) is 1.65. The van der Waals surface area contributed by atoms with Gasteiger partial charge in [0.25, 0.3) is 5.91 Å². The van der Waals surface area contributed by atoms with Crippen molar-refractivity contribution in [2.75, 3.05) is 19.8 Å². The highest BCUT2D eigenvalue weighted by molar-refractivity contribution is 6.07. The Morgan fingerprint density at radius 3 is 2.45 bits per heavy atom. The number of rotatable bonds is 10. The normalized spacial score (nSPS) is 18.1. The third kappa shape index (κ3) is 5.26. The van der Waals surface area contributed by atoms with Crippen molar-refractivity contribution in [3.8, 4) is 11.5 Å². The number of hydrogen-bond acceptors (Lipinski definition) is 4. The molecule has 0 radical (unpaired) electrons. The van der Waals surface area contributed by atoms with E-state index in [0.29, 0.717) is 31.9 Å². The topological polar surface area (TPSA) is 67.9 Å². The number of imide groups is 1. The molecule has 0 aliphatic carbocycles. The van der Waals surface area contributed by atoms with Crippen LogP contribution >= 0.6 is 0 Å². The van der Waals surface area contributed by atoms with Gasteiger partial charge < -0.3 is 14.8 Å². The van der Waals surface area contributed by atoms with Crippen LogP contribution in [0.25, 0.3) is 0 Å². The summed E-state index contributed by atoms with van der Waals surface area (Å²) in [5.74, 6) is 1.31. The van der Waals surface area contributed by atoms with E-state index >= 15 is 0 Å². The SMILES string of the molecule is C=C(C)COc1ccc(C2(C)NC(=O)N(CCCCOc3ccccc3C)C2=O)cc1. The van der Waals surface area contributed by atoms with Gasteiger partial charge in [-0.2, -0.15) is 0 Å². The highest BCUT2D eigenvalue weighted by Gasteiger charge is 2.48. The number of hydrogen-bond donors (Lipinski definition) is 1. The second kappa shape index (κ2) is 9.69. The van der Waals surface area contributed by atoms with Crippen molar-refractivity contribution in [1.29, 1.82) is 0 Å². The number of unbranched alkanes of at least 4 members (excludes halogenated alkanes) is 1. The molecule has 1 saturated heterocycles. The zero-order valence-electron chi connectivity index (χ0n) is 18.4. The van der Waals surface area contributed by atoms with E-state index in [1.165, 1.54) is 4.90 Å². The van der Waals surface area contributed by atoms with Gasteiger partial charge in [0.2, 0.25) is 0 Å². The number of carbonyl (C=O) groups is 2. The average Bonchev–Trinajstić information content (AvgIpc) is 2.97. The van der Waals surface area contributed by atoms with Crippen molar-refractivity contribution >= 4 is 11.9 Å². The van der Waals surface area contributed by atoms with Crippen LogP contribution in [0.1, 0.15) is 37.8 Å². The molecule has 1 atom stereocenters. The van der Waals surface area contributed by atoms with Gasteiger partial charge in [0.15, 0.2) is 0 Å². The zero-order valence-corrected chi connectivity index (χ0v) is 18.4. The predicted molar refractivity (Wildman–Crippen MR) is 120 cm³/mol. The van der Waals surface area contributed by atoms with Crippen LogP contribution in [0.5, 0.6) is 11.5 Å². The fourth-order valence-corrected chi connectivity index (χ4v) is 3.46. The van der Waals surface area contributed by atoms with Crippen molar-refractivity contribution in [3.63, 3.8) is 0 Å². The highest BCUT2D eigenvalue weighted by atomic mass is 16.5. The number of nitrogens with one attached hydrogen (secondary N) is 1. The monoisotopic (exact) mass is 422 g/mol. The van der Waals surface area contributed by atoms with Crippen LogP contribution in [0.3, 0.4) is 0 Å². The van der Waals surface area contributed by atoms with Crippen LogP contribution in [0, 0.1) is 6.92 Å². The molecule has 0 saturated carbocycles. The second-order valence-electron chi connectivity index (χ2n) is 8.10. The summed E-state index contributed by atoms with van der Waals surface area (Å²) in [5, 5.41) is 2.84. The quantitative estimate of drug-likeness (QED) is 0.346. The second-order valence-corrected chi connectivity index (χ2v) is 8.10. The Bertz CT molecular complexity index is 954. The molecule has 2 aromatic rings. The number of nitrogens with zero attached hydrogens (tertiary/aromatic N) is 1. The number of benzene rings is 2. The van der Waals surface area contributed by atoms with Crippen molar-refractivity contribution in [2.24, 2.45) is 0 Å². The minimum Gasteiger partial charge on any atom is -0.493 e. The van der Waals surface area contributed by atoms with Gasteiger partial charge in [-0.25, -0.2) is 4.79 Å². The van der Waals surface area contributed by atoms with Gasteiger partial charge in [0.1, 0.15) is 23.6 Å². The number of aryl methyl sites for hydroxylation is 1. The van der Waals surface area contributed by atoms with E-state index in [-0.39, 0.29) is 11.9 Å². The van der Waals surface area contributed by atoms with Crippen LogP contribution < -0.4 is 14.8 Å². The summed E-state index contributed by atoms with van der Waals surface area (Å²) in [6, 6.07) is 14.7. The molecule has 6 heteroatoms. The molecule has 6 nitrogen and oxygen atoms in total. The van der Waals surface area contributed by atoms with Gasteiger partial charge in [-0.15, -0.1) is 0 Å². The predicted octanol–water partition coefficient (Wildman–Crippen LogP) is 4.58. The van der Waals surface area contributed by atoms with Gasteiger partial charge in [0, 0.05) is 6.54 Å². The molecule has 1 aliphatic rings. The van der Waals surface area contributed by atoms with Crippen LogP contribution in [0.2, 0.25) is 0 Å². The molecule has 0 bridgehead atoms. The van der Waals surface area contributed by atoms with Crippen molar-refractivity contribution in [3.05, 3.63) is 71.8 Å². The number of ether oxygens (including phenoxy) is 2. The third-order valence-electron chi connectivity index (χ3n) is 5.32. The molecule has 1 heterocycles. The van der Waals surface area contributed by atoms with E-state index in [9.17, 15) is 9.59 Å². The standard InChI is InChI=1S/C25H30N2O4/c1-18(2)17-31-21-13-11-20(12-14-21)25(4)23(28)27(24(29)26-25)15-7-8-16-30-22-10-6-5-9-19(22)3/h5-6,9-14H,1,7-8,15-17H2,2-4H3,(H,26,29). The lowest BCUT2D eigenvalue weighted by atomic mass is 9.92. The lowest BCUT2D eigenvalue weighted by Gasteiger charge is -2.22. The molecule has 0 aromatic heterocycles. The molecule has 3 rings (SSSR count). The van der Waals surface area contributed by atoms with Crippen LogP contribution in [0.15, 0.2) is 60.7 Å². The number of amides is 3. The molecular formula is C25H30N2O4. The molecule has 0 spiro atoms. The largest absolute Gasteiger partial charge is 0.493 e. The van der Waals surface area contributed by atoms with Crippen molar-refractivity contribution < 1.29 is 19.1 Å². The van der Waals surface area contributed by atoms with Crippen LogP contribution in [0.4, 0.5) is 4.79 Å². The van der Waals surface area contributed by atoms with Crippen molar-refractivity contribution in [1.82, 2.24) is 10.2 Å². The fraction of sp³-hybridized carbons (Fsp3) is 0.360. The lowest BCUT2D eigenvalue weighted by molar-refractivity contribution is -0.131. The molecule has 164 valence electrons. The van der Waals surface area contributed by atoms with Crippen LogP contribution in [-0.2, 0) is 10.3 Å². The first-order valence-electron chi connectivity index (χ1n) is 10.5. The van der Waals surface area contributed by atoms with Crippen LogP contribution in [-0.4, -0.2) is 36.6 Å². The van der Waals surface area contributed by atoms with E-state index in [1.807, 2.05) is 50.2 Å². The van der Waals surface area contributed by atoms with Crippen molar-refractivity contribution in [2.45, 2.75) is 39.2 Å². The maximum Gasteiger partial charge on any atom is 0.325 e. The van der Waals surface area contributed by atoms with Gasteiger partial charge in [0.05, 0.1) is 6.61 Å². The average molecular weight is 423 g/mol. The number of para-hydroxylation sites is 1. The summed E-state index contributed by atoms with van der Waals surface area (Å²) in [6.45, 7) is 10.8. The summed E-state index contributed by atoms with van der Waals surface area (Å²) < 4.78 is 11.4. The molecular weight excluding hydrogens is 392 g/mol. The van der Waals surface area contributed by atoms with E-state index in [2.05, 4.69) is 11.9 Å². The molecule has 31 heavy (non-hydrogen) atoms. The molecule has 1 unspecified atom stereocenters. The molecule has 1 fully saturated rings. The summed E-state index contributed by atoms with van der Waals surface area (Å²) in [4.78, 5) is 26.8.